The van der Waals surface area contributed by atoms with Gasteiger partial charge in [-0.15, -0.1) is 0 Å². The van der Waals surface area contributed by atoms with Crippen LogP contribution in [-0.2, 0) is 19.1 Å². The van der Waals surface area contributed by atoms with E-state index in [9.17, 15) is 9.59 Å². The number of carboxylic acids is 1. The van der Waals surface area contributed by atoms with Crippen molar-refractivity contribution in [2.24, 2.45) is 5.92 Å². The molecular formula is C13H24O5. The molecule has 106 valence electrons. The van der Waals surface area contributed by atoms with E-state index in [0.29, 0.717) is 6.42 Å². The Hall–Kier alpha value is -1.39. The van der Waals surface area contributed by atoms with Gasteiger partial charge in [0.05, 0.1) is 5.92 Å². The number of carbonyl (C=O) groups excluding carboxylic acids is 2. The summed E-state index contributed by atoms with van der Waals surface area (Å²) in [6.07, 6.45) is 3.78. The Morgan fingerprint density at radius 2 is 1.67 bits per heavy atom. The largest absolute Gasteiger partial charge is 0.481 e. The van der Waals surface area contributed by atoms with E-state index in [2.05, 4.69) is 4.74 Å². The van der Waals surface area contributed by atoms with Crippen molar-refractivity contribution >= 4 is 17.9 Å². The SMILES string of the molecule is CC(=O)O.CCCCC(=O)OC(=O)C(C)CCC. The fraction of sp³-hybridized carbons (Fsp3) is 0.769. The van der Waals surface area contributed by atoms with Crippen LogP contribution in [0.15, 0.2) is 0 Å². The lowest BCUT2D eigenvalue weighted by Gasteiger charge is -2.08. The highest BCUT2D eigenvalue weighted by Gasteiger charge is 2.16. The van der Waals surface area contributed by atoms with E-state index >= 15 is 0 Å². The highest BCUT2D eigenvalue weighted by molar-refractivity contribution is 5.86. The van der Waals surface area contributed by atoms with Gasteiger partial charge in [-0.05, 0) is 12.8 Å². The van der Waals surface area contributed by atoms with Crippen molar-refractivity contribution < 1.29 is 24.2 Å². The molecule has 0 heterocycles. The van der Waals surface area contributed by atoms with E-state index in [0.717, 1.165) is 32.6 Å². The molecule has 0 saturated heterocycles. The van der Waals surface area contributed by atoms with Crippen LogP contribution in [0.5, 0.6) is 0 Å². The van der Waals surface area contributed by atoms with Crippen LogP contribution in [0, 0.1) is 5.92 Å². The first-order valence-electron chi connectivity index (χ1n) is 6.29. The minimum Gasteiger partial charge on any atom is -0.481 e. The minimum atomic E-state index is -0.833. The van der Waals surface area contributed by atoms with Crippen LogP contribution < -0.4 is 0 Å². The van der Waals surface area contributed by atoms with E-state index in [4.69, 9.17) is 9.90 Å². The van der Waals surface area contributed by atoms with E-state index < -0.39 is 5.97 Å². The molecule has 1 atom stereocenters. The standard InChI is InChI=1S/C11H20O3.C2H4O2/c1-4-6-8-10(12)14-11(13)9(3)7-5-2;1-2(3)4/h9H,4-8H2,1-3H3;1H3,(H,3,4). The molecule has 0 fully saturated rings. The predicted octanol–water partition coefficient (Wildman–Crippen LogP) is 2.77. The van der Waals surface area contributed by atoms with Crippen LogP contribution in [0.25, 0.3) is 0 Å². The lowest BCUT2D eigenvalue weighted by Crippen LogP contribution is -2.18. The van der Waals surface area contributed by atoms with Gasteiger partial charge in [0.2, 0.25) is 0 Å². The van der Waals surface area contributed by atoms with Crippen molar-refractivity contribution in [3.63, 3.8) is 0 Å². The zero-order valence-corrected chi connectivity index (χ0v) is 11.7. The van der Waals surface area contributed by atoms with Crippen molar-refractivity contribution in [2.75, 3.05) is 0 Å². The smallest absolute Gasteiger partial charge is 0.316 e. The lowest BCUT2D eigenvalue weighted by atomic mass is 10.1. The highest BCUT2D eigenvalue weighted by atomic mass is 16.6. The molecule has 1 N–H and O–H groups in total. The molecule has 0 saturated carbocycles. The molecule has 1 unspecified atom stereocenters. The van der Waals surface area contributed by atoms with Crippen LogP contribution in [0.2, 0.25) is 0 Å². The summed E-state index contributed by atoms with van der Waals surface area (Å²) in [6, 6.07) is 0. The van der Waals surface area contributed by atoms with Gasteiger partial charge in [0.1, 0.15) is 0 Å². The Bertz CT molecular complexity index is 256. The Labute approximate surface area is 109 Å². The molecule has 0 amide bonds. The monoisotopic (exact) mass is 260 g/mol. The number of esters is 2. The molecule has 0 aromatic heterocycles. The number of rotatable bonds is 6. The summed E-state index contributed by atoms with van der Waals surface area (Å²) in [5, 5.41) is 7.42. The molecule has 0 rings (SSSR count). The molecule has 0 spiro atoms. The highest BCUT2D eigenvalue weighted by Crippen LogP contribution is 2.08. The van der Waals surface area contributed by atoms with E-state index in [1.165, 1.54) is 0 Å². The van der Waals surface area contributed by atoms with E-state index in [1.807, 2.05) is 13.8 Å². The number of unbranched alkanes of at least 4 members (excludes halogenated alkanes) is 1. The number of ether oxygens (including phenoxy) is 1. The first-order valence-corrected chi connectivity index (χ1v) is 6.29. The third-order valence-corrected chi connectivity index (χ3v) is 2.07. The quantitative estimate of drug-likeness (QED) is 0.586. The lowest BCUT2D eigenvalue weighted by molar-refractivity contribution is -0.162. The van der Waals surface area contributed by atoms with Gasteiger partial charge in [-0.25, -0.2) is 0 Å². The van der Waals surface area contributed by atoms with Crippen molar-refractivity contribution in [3.8, 4) is 0 Å². The summed E-state index contributed by atoms with van der Waals surface area (Å²) >= 11 is 0. The number of aliphatic carboxylic acids is 1. The zero-order chi connectivity index (χ0) is 14.6. The molecule has 18 heavy (non-hydrogen) atoms. The molecular weight excluding hydrogens is 236 g/mol. The second-order valence-electron chi connectivity index (χ2n) is 4.11. The topological polar surface area (TPSA) is 80.7 Å². The van der Waals surface area contributed by atoms with Gasteiger partial charge in [0.25, 0.3) is 5.97 Å². The second kappa shape index (κ2) is 12.1. The number of hydrogen-bond acceptors (Lipinski definition) is 4. The number of hydrogen-bond donors (Lipinski definition) is 1. The molecule has 0 bridgehead atoms. The third-order valence-electron chi connectivity index (χ3n) is 2.07. The maximum atomic E-state index is 11.3. The molecule has 5 heteroatoms. The Balaban J connectivity index is 0. The van der Waals surface area contributed by atoms with Crippen molar-refractivity contribution in [3.05, 3.63) is 0 Å². The Morgan fingerprint density at radius 3 is 2.06 bits per heavy atom. The summed E-state index contributed by atoms with van der Waals surface area (Å²) < 4.78 is 4.69. The van der Waals surface area contributed by atoms with Crippen LogP contribution in [0.3, 0.4) is 0 Å². The average Bonchev–Trinajstić information content (AvgIpc) is 2.25. The first-order chi connectivity index (χ1) is 8.34. The summed E-state index contributed by atoms with van der Waals surface area (Å²) in [5.41, 5.74) is 0. The molecule has 0 aromatic carbocycles. The van der Waals surface area contributed by atoms with Gasteiger partial charge < -0.3 is 9.84 Å². The summed E-state index contributed by atoms with van der Waals surface area (Å²) in [7, 11) is 0. The van der Waals surface area contributed by atoms with Crippen LogP contribution >= 0.6 is 0 Å². The van der Waals surface area contributed by atoms with E-state index in [-0.39, 0.29) is 17.9 Å². The van der Waals surface area contributed by atoms with Crippen LogP contribution in [0.4, 0.5) is 0 Å². The minimum absolute atomic E-state index is 0.162. The van der Waals surface area contributed by atoms with Gasteiger partial charge in [-0.1, -0.05) is 33.6 Å². The zero-order valence-electron chi connectivity index (χ0n) is 11.7. The molecule has 0 radical (unpaired) electrons. The normalized spacial score (nSPS) is 10.9. The van der Waals surface area contributed by atoms with Gasteiger partial charge in [0, 0.05) is 13.3 Å². The second-order valence-corrected chi connectivity index (χ2v) is 4.11. The Morgan fingerprint density at radius 1 is 1.17 bits per heavy atom. The molecule has 0 aromatic rings. The maximum Gasteiger partial charge on any atom is 0.316 e. The fourth-order valence-electron chi connectivity index (χ4n) is 1.14. The summed E-state index contributed by atoms with van der Waals surface area (Å²) in [6.45, 7) is 6.87. The van der Waals surface area contributed by atoms with Crippen molar-refractivity contribution in [2.45, 2.75) is 59.8 Å². The third kappa shape index (κ3) is 14.6. The Kier molecular flexibility index (Phi) is 12.7. The fourth-order valence-corrected chi connectivity index (χ4v) is 1.14. The van der Waals surface area contributed by atoms with Crippen molar-refractivity contribution in [1.82, 2.24) is 0 Å². The van der Waals surface area contributed by atoms with Gasteiger partial charge >= 0.3 is 11.9 Å². The average molecular weight is 260 g/mol. The molecule has 0 aliphatic heterocycles. The number of carbonyl (C=O) groups is 3. The van der Waals surface area contributed by atoms with Crippen molar-refractivity contribution in [1.29, 1.82) is 0 Å². The van der Waals surface area contributed by atoms with Crippen LogP contribution in [0.1, 0.15) is 59.8 Å². The van der Waals surface area contributed by atoms with Gasteiger partial charge in [-0.2, -0.15) is 0 Å². The predicted molar refractivity (Wildman–Crippen MR) is 68.0 cm³/mol. The molecule has 0 aliphatic carbocycles. The maximum absolute atomic E-state index is 11.3. The summed E-state index contributed by atoms with van der Waals surface area (Å²) in [5.74, 6) is -1.77. The van der Waals surface area contributed by atoms with E-state index in [1.54, 1.807) is 6.92 Å². The number of carboxylic acid groups (broad SMARTS) is 1. The molecule has 5 nitrogen and oxygen atoms in total. The molecule has 0 aliphatic rings. The van der Waals surface area contributed by atoms with Gasteiger partial charge in [-0.3, -0.25) is 14.4 Å². The van der Waals surface area contributed by atoms with Gasteiger partial charge in [0.15, 0.2) is 0 Å². The first kappa shape index (κ1) is 19.0. The summed E-state index contributed by atoms with van der Waals surface area (Å²) in [4.78, 5) is 31.3. The van der Waals surface area contributed by atoms with Crippen LogP contribution in [-0.4, -0.2) is 23.0 Å².